The maximum Gasteiger partial charge on any atom is 0.238 e. The summed E-state index contributed by atoms with van der Waals surface area (Å²) >= 11 is 0. The molecule has 7 aromatic carbocycles. The maximum absolute atomic E-state index is 5.63. The monoisotopic (exact) mass is 944 g/mol. The molecule has 354 valence electrons. The van der Waals surface area contributed by atoms with Crippen molar-refractivity contribution in [3.8, 4) is 28.7 Å². The van der Waals surface area contributed by atoms with Crippen molar-refractivity contribution in [2.75, 3.05) is 9.80 Å². The van der Waals surface area contributed by atoms with E-state index < -0.39 is 8.07 Å². The van der Waals surface area contributed by atoms with Gasteiger partial charge in [0.15, 0.2) is 19.7 Å². The average molecular weight is 945 g/mol. The first-order valence-corrected chi connectivity index (χ1v) is 28.7. The van der Waals surface area contributed by atoms with Gasteiger partial charge in [0.2, 0.25) is 5.95 Å². The second-order valence-corrected chi connectivity index (χ2v) is 25.4. The zero-order chi connectivity index (χ0) is 47.6. The van der Waals surface area contributed by atoms with Crippen molar-refractivity contribution in [3.63, 3.8) is 0 Å². The fourth-order valence-corrected chi connectivity index (χ4v) is 19.1. The first kappa shape index (κ1) is 44.1. The van der Waals surface area contributed by atoms with Crippen LogP contribution in [0.4, 0.5) is 11.4 Å². The number of benzene rings is 7. The van der Waals surface area contributed by atoms with Gasteiger partial charge in [-0.05, 0) is 134 Å². The van der Waals surface area contributed by atoms with Gasteiger partial charge in [0, 0.05) is 57.4 Å². The molecule has 4 bridgehead atoms. The smallest absolute Gasteiger partial charge is 0.238 e. The van der Waals surface area contributed by atoms with Crippen molar-refractivity contribution in [1.29, 1.82) is 0 Å². The van der Waals surface area contributed by atoms with Crippen LogP contribution in [0.5, 0.6) is 0 Å². The maximum atomic E-state index is 5.63. The molecule has 6 nitrogen and oxygen atoms in total. The lowest BCUT2D eigenvalue weighted by Crippen LogP contribution is -2.74. The van der Waals surface area contributed by atoms with Gasteiger partial charge in [0.1, 0.15) is 0 Å². The van der Waals surface area contributed by atoms with Gasteiger partial charge < -0.3 is 9.80 Å². The van der Waals surface area contributed by atoms with Gasteiger partial charge >= 0.3 is 0 Å². The second-order valence-electron chi connectivity index (χ2n) is 21.6. The topological polar surface area (TPSA) is 50.1 Å². The van der Waals surface area contributed by atoms with Crippen molar-refractivity contribution in [1.82, 2.24) is 19.5 Å². The summed E-state index contributed by atoms with van der Waals surface area (Å²) in [6, 6.07) is 70.0. The van der Waals surface area contributed by atoms with Crippen LogP contribution in [0.15, 0.2) is 182 Å². The zero-order valence-electron chi connectivity index (χ0n) is 41.4. The van der Waals surface area contributed by atoms with Crippen LogP contribution >= 0.6 is 0 Å². The molecule has 2 aromatic heterocycles. The highest BCUT2D eigenvalue weighted by atomic mass is 28.3. The Balaban J connectivity index is 1.03. The first-order valence-electron chi connectivity index (χ1n) is 26.7. The fourth-order valence-electron chi connectivity index (χ4n) is 14.3. The van der Waals surface area contributed by atoms with Crippen LogP contribution in [0.3, 0.4) is 0 Å². The van der Waals surface area contributed by atoms with Crippen molar-refractivity contribution in [3.05, 3.63) is 182 Å². The van der Waals surface area contributed by atoms with Gasteiger partial charge in [-0.25, -0.2) is 4.98 Å². The van der Waals surface area contributed by atoms with Gasteiger partial charge in [-0.2, -0.15) is 9.97 Å². The molecule has 7 atom stereocenters. The molecule has 7 heteroatoms. The average Bonchev–Trinajstić information content (AvgIpc) is 3.87. The van der Waals surface area contributed by atoms with Crippen molar-refractivity contribution in [2.24, 2.45) is 17.8 Å². The third kappa shape index (κ3) is 7.53. The second kappa shape index (κ2) is 18.1. The molecule has 71 heavy (non-hydrogen) atoms. The molecule has 5 aliphatic rings. The Labute approximate surface area is 420 Å². The van der Waals surface area contributed by atoms with Crippen LogP contribution in [0, 0.1) is 17.8 Å². The summed E-state index contributed by atoms with van der Waals surface area (Å²) in [6.45, 7) is 7.31. The molecule has 0 spiro atoms. The Morgan fingerprint density at radius 3 is 1.76 bits per heavy atom. The number of fused-ring (bicyclic) bond motifs is 9. The Kier molecular flexibility index (Phi) is 11.2. The van der Waals surface area contributed by atoms with E-state index in [9.17, 15) is 0 Å². The number of rotatable bonds is 10. The van der Waals surface area contributed by atoms with Crippen molar-refractivity contribution >= 4 is 62.0 Å². The van der Waals surface area contributed by atoms with E-state index >= 15 is 0 Å². The van der Waals surface area contributed by atoms with E-state index in [4.69, 9.17) is 15.0 Å². The van der Waals surface area contributed by atoms with Crippen molar-refractivity contribution in [2.45, 2.75) is 103 Å². The fraction of sp³-hybridized carbons (Fsp3) is 0.297. The Morgan fingerprint density at radius 2 is 1.07 bits per heavy atom. The first-order chi connectivity index (χ1) is 34.9. The molecule has 0 N–H and O–H groups in total. The SMILES string of the molecule is CCC1CC2CCC(C2)N1c1cccc(-c2nc(-c3cccc([Si](c4ccccc4)(c4ccccc4)c4ccccc4)c3)nc(-n3c4ccccc4c4ccc(N5C(C)C[C@@H]6CCC5CC6C)cc43)n2)c1. The third-order valence-corrected chi connectivity index (χ3v) is 22.3. The normalized spacial score (nSPS) is 23.1. The quantitative estimate of drug-likeness (QED) is 0.101. The summed E-state index contributed by atoms with van der Waals surface area (Å²) < 4.78 is 2.34. The van der Waals surface area contributed by atoms with E-state index in [-0.39, 0.29) is 0 Å². The van der Waals surface area contributed by atoms with E-state index in [1.165, 1.54) is 94.3 Å². The molecule has 0 amide bonds. The van der Waals surface area contributed by atoms with Crippen LogP contribution in [0.1, 0.15) is 78.6 Å². The minimum atomic E-state index is -2.85. The number of para-hydroxylation sites is 1. The van der Waals surface area contributed by atoms with E-state index in [0.717, 1.165) is 46.3 Å². The van der Waals surface area contributed by atoms with Gasteiger partial charge in [-0.1, -0.05) is 166 Å². The summed E-state index contributed by atoms with van der Waals surface area (Å²) in [5, 5.41) is 7.71. The predicted octanol–water partition coefficient (Wildman–Crippen LogP) is 12.2. The number of anilines is 2. The van der Waals surface area contributed by atoms with Crippen LogP contribution in [-0.2, 0) is 0 Å². The van der Waals surface area contributed by atoms with Gasteiger partial charge in [0.25, 0.3) is 0 Å². The molecule has 5 heterocycles. The predicted molar refractivity (Wildman–Crippen MR) is 298 cm³/mol. The lowest BCUT2D eigenvalue weighted by molar-refractivity contribution is 0.252. The minimum absolute atomic E-state index is 0.475. The highest BCUT2D eigenvalue weighted by molar-refractivity contribution is 7.19. The third-order valence-electron chi connectivity index (χ3n) is 17.6. The summed E-state index contributed by atoms with van der Waals surface area (Å²) in [5.41, 5.74) is 6.81. The summed E-state index contributed by atoms with van der Waals surface area (Å²) in [6.07, 6.45) is 11.4. The highest BCUT2D eigenvalue weighted by Gasteiger charge is 2.43. The van der Waals surface area contributed by atoms with E-state index in [2.05, 4.69) is 217 Å². The van der Waals surface area contributed by atoms with Crippen LogP contribution < -0.4 is 30.5 Å². The molecule has 0 radical (unpaired) electrons. The lowest BCUT2D eigenvalue weighted by Gasteiger charge is -2.42. The largest absolute Gasteiger partial charge is 0.366 e. The van der Waals surface area contributed by atoms with Crippen LogP contribution in [0.2, 0.25) is 0 Å². The van der Waals surface area contributed by atoms with Gasteiger partial charge in [-0.15, -0.1) is 0 Å². The number of nitrogens with zero attached hydrogens (tertiary/aromatic N) is 6. The van der Waals surface area contributed by atoms with Crippen LogP contribution in [-0.4, -0.2) is 51.8 Å². The summed E-state index contributed by atoms with van der Waals surface area (Å²) in [4.78, 5) is 22.3. The molecule has 9 aromatic rings. The molecule has 2 aliphatic carbocycles. The molecule has 6 unspecified atom stereocenters. The lowest BCUT2D eigenvalue weighted by atomic mass is 9.78. The van der Waals surface area contributed by atoms with Crippen molar-refractivity contribution < 1.29 is 0 Å². The molecule has 3 saturated heterocycles. The number of hydrogen-bond donors (Lipinski definition) is 0. The standard InChI is InChI=1S/C64H64N6Si/c1-4-49-38-45-30-32-52(39-45)69(49)50-20-16-18-47(40-50)62-65-63(48-19-17-27-57(41-48)71(54-21-8-5-9-22-54,55-23-10-6-11-24-55)56-25-12-7-13-26-56)67-64(66-62)70-60-29-15-14-28-58(60)59-35-34-53(42-61(59)70)68-44(3)37-46-31-33-51(68)36-43(46)2/h5-29,34-35,40-46,49,51-52H,4,30-33,36-39H2,1-3H3/t43?,44?,45?,46-,49?,51?,52?/m0/s1. The number of hydrogen-bond acceptors (Lipinski definition) is 5. The zero-order valence-corrected chi connectivity index (χ0v) is 42.4. The number of aromatic nitrogens is 4. The molecule has 14 rings (SSSR count). The Bertz CT molecular complexity index is 3270. The Morgan fingerprint density at radius 1 is 0.479 bits per heavy atom. The molecular weight excluding hydrogens is 881 g/mol. The van der Waals surface area contributed by atoms with E-state index in [0.29, 0.717) is 41.8 Å². The molecule has 5 fully saturated rings. The van der Waals surface area contributed by atoms with Gasteiger partial charge in [-0.3, -0.25) is 4.57 Å². The summed E-state index contributed by atoms with van der Waals surface area (Å²) in [5.74, 6) is 4.43. The summed E-state index contributed by atoms with van der Waals surface area (Å²) in [7, 11) is -2.85. The minimum Gasteiger partial charge on any atom is -0.366 e. The molecular formula is C64H64N6Si. The number of piperidine rings is 1. The van der Waals surface area contributed by atoms with E-state index in [1.54, 1.807) is 0 Å². The van der Waals surface area contributed by atoms with E-state index in [1.807, 2.05) is 0 Å². The van der Waals surface area contributed by atoms with Crippen LogP contribution in [0.25, 0.3) is 50.5 Å². The molecule has 3 aliphatic heterocycles. The highest BCUT2D eigenvalue weighted by Crippen LogP contribution is 2.46. The Hall–Kier alpha value is -6.83. The van der Waals surface area contributed by atoms with Gasteiger partial charge in [0.05, 0.1) is 11.0 Å². The molecule has 2 saturated carbocycles.